The van der Waals surface area contributed by atoms with Crippen LogP contribution in [0, 0.1) is 0 Å². The van der Waals surface area contributed by atoms with Gasteiger partial charge in [-0.2, -0.15) is 0 Å². The highest BCUT2D eigenvalue weighted by molar-refractivity contribution is 7.09. The Bertz CT molecular complexity index is 688. The van der Waals surface area contributed by atoms with Crippen molar-refractivity contribution >= 4 is 22.1 Å². The maximum absolute atomic E-state index is 5.53. The number of rotatable bonds is 4. The third-order valence-electron chi connectivity index (χ3n) is 3.19. The van der Waals surface area contributed by atoms with Gasteiger partial charge >= 0.3 is 0 Å². The summed E-state index contributed by atoms with van der Waals surface area (Å²) in [5.74, 6) is 0. The van der Waals surface area contributed by atoms with Gasteiger partial charge in [-0.05, 0) is 29.8 Å². The number of benzene rings is 2. The first-order valence-corrected chi connectivity index (χ1v) is 7.38. The fourth-order valence-electron chi connectivity index (χ4n) is 2.16. The van der Waals surface area contributed by atoms with Gasteiger partial charge in [-0.1, -0.05) is 36.4 Å². The molecule has 0 amide bonds. The van der Waals surface area contributed by atoms with E-state index in [1.807, 2.05) is 0 Å². The van der Waals surface area contributed by atoms with Gasteiger partial charge in [0, 0.05) is 17.4 Å². The Morgan fingerprint density at radius 2 is 1.89 bits per heavy atom. The van der Waals surface area contributed by atoms with Gasteiger partial charge in [0.05, 0.1) is 10.7 Å². The van der Waals surface area contributed by atoms with E-state index in [0.29, 0.717) is 0 Å². The Balaban J connectivity index is 1.92. The number of hydrogen-bond acceptors (Lipinski definition) is 3. The summed E-state index contributed by atoms with van der Waals surface area (Å²) in [7, 11) is 0. The molecule has 0 saturated heterocycles. The maximum atomic E-state index is 5.53. The predicted molar refractivity (Wildman–Crippen MR) is 82.4 cm³/mol. The second-order valence-corrected chi connectivity index (χ2v) is 5.52. The second-order valence-electron chi connectivity index (χ2n) is 4.58. The number of nitrogens with two attached hydrogens (primary N) is 1. The molecule has 0 unspecified atom stereocenters. The Labute approximate surface area is 116 Å². The van der Waals surface area contributed by atoms with Crippen LogP contribution in [-0.4, -0.2) is 11.5 Å². The molecule has 19 heavy (non-hydrogen) atoms. The van der Waals surface area contributed by atoms with E-state index >= 15 is 0 Å². The molecule has 0 fully saturated rings. The summed E-state index contributed by atoms with van der Waals surface area (Å²) in [6, 6.07) is 14.9. The molecule has 0 aliphatic heterocycles. The third kappa shape index (κ3) is 2.67. The summed E-state index contributed by atoms with van der Waals surface area (Å²) >= 11 is 1.72. The topological polar surface area (TPSA) is 38.9 Å². The smallest absolute Gasteiger partial charge is 0.0933 e. The minimum Gasteiger partial charge on any atom is -0.330 e. The molecule has 0 radical (unpaired) electrons. The van der Waals surface area contributed by atoms with Crippen LogP contribution in [0.5, 0.6) is 0 Å². The number of aromatic nitrogens is 1. The van der Waals surface area contributed by atoms with Gasteiger partial charge in [0.1, 0.15) is 0 Å². The Kier molecular flexibility index (Phi) is 3.58. The highest BCUT2D eigenvalue weighted by Crippen LogP contribution is 2.26. The first-order valence-electron chi connectivity index (χ1n) is 6.50. The number of nitrogens with zero attached hydrogens (tertiary/aromatic N) is 1. The standard InChI is InChI=1S/C16H16N2S/c17-9-3-6-16-18-15(11-19-16)14-8-7-12-4-1-2-5-13(12)10-14/h1-2,4-5,7-8,10-11H,3,6,9,17H2. The van der Waals surface area contributed by atoms with Crippen molar-refractivity contribution in [3.8, 4) is 11.3 Å². The van der Waals surface area contributed by atoms with Gasteiger partial charge < -0.3 is 5.73 Å². The van der Waals surface area contributed by atoms with Crippen LogP contribution in [-0.2, 0) is 6.42 Å². The fraction of sp³-hybridized carbons (Fsp3) is 0.188. The summed E-state index contributed by atoms with van der Waals surface area (Å²) in [6.45, 7) is 0.727. The van der Waals surface area contributed by atoms with E-state index in [0.717, 1.165) is 25.1 Å². The van der Waals surface area contributed by atoms with Gasteiger partial charge in [0.25, 0.3) is 0 Å². The number of hydrogen-bond donors (Lipinski definition) is 1. The van der Waals surface area contributed by atoms with Crippen LogP contribution in [0.1, 0.15) is 11.4 Å². The highest BCUT2D eigenvalue weighted by Gasteiger charge is 2.05. The van der Waals surface area contributed by atoms with Crippen LogP contribution in [0.4, 0.5) is 0 Å². The molecule has 96 valence electrons. The number of thiazole rings is 1. The zero-order chi connectivity index (χ0) is 13.1. The summed E-state index contributed by atoms with van der Waals surface area (Å²) in [5, 5.41) is 5.84. The molecule has 1 heterocycles. The summed E-state index contributed by atoms with van der Waals surface area (Å²) < 4.78 is 0. The van der Waals surface area contributed by atoms with Crippen LogP contribution in [0.2, 0.25) is 0 Å². The average Bonchev–Trinajstić information content (AvgIpc) is 2.93. The first kappa shape index (κ1) is 12.3. The lowest BCUT2D eigenvalue weighted by atomic mass is 10.1. The normalized spacial score (nSPS) is 11.0. The van der Waals surface area contributed by atoms with E-state index in [-0.39, 0.29) is 0 Å². The van der Waals surface area contributed by atoms with E-state index in [1.165, 1.54) is 21.3 Å². The summed E-state index contributed by atoms with van der Waals surface area (Å²) in [5.41, 5.74) is 7.79. The van der Waals surface area contributed by atoms with Crippen LogP contribution >= 0.6 is 11.3 Å². The molecule has 2 N–H and O–H groups in total. The quantitative estimate of drug-likeness (QED) is 0.780. The van der Waals surface area contributed by atoms with Crippen molar-refractivity contribution in [3.63, 3.8) is 0 Å². The SMILES string of the molecule is NCCCc1nc(-c2ccc3ccccc3c2)cs1. The molecule has 0 atom stereocenters. The second kappa shape index (κ2) is 5.51. The first-order chi connectivity index (χ1) is 9.36. The van der Waals surface area contributed by atoms with Crippen molar-refractivity contribution in [3.05, 3.63) is 52.9 Å². The molecule has 2 nitrogen and oxygen atoms in total. The molecule has 1 aromatic heterocycles. The predicted octanol–water partition coefficient (Wildman–Crippen LogP) is 3.85. The van der Waals surface area contributed by atoms with Gasteiger partial charge in [-0.15, -0.1) is 11.3 Å². The van der Waals surface area contributed by atoms with Crippen LogP contribution in [0.25, 0.3) is 22.0 Å². The van der Waals surface area contributed by atoms with Crippen molar-refractivity contribution in [2.75, 3.05) is 6.54 Å². The molecule has 3 heteroatoms. The van der Waals surface area contributed by atoms with Crippen LogP contribution in [0.3, 0.4) is 0 Å². The van der Waals surface area contributed by atoms with E-state index in [1.54, 1.807) is 11.3 Å². The minimum absolute atomic E-state index is 0.727. The molecule has 0 bridgehead atoms. The van der Waals surface area contributed by atoms with E-state index < -0.39 is 0 Å². The van der Waals surface area contributed by atoms with Gasteiger partial charge in [0.15, 0.2) is 0 Å². The van der Waals surface area contributed by atoms with E-state index in [4.69, 9.17) is 5.73 Å². The lowest BCUT2D eigenvalue weighted by Crippen LogP contribution is -1.99. The largest absolute Gasteiger partial charge is 0.330 e. The highest BCUT2D eigenvalue weighted by atomic mass is 32.1. The lowest BCUT2D eigenvalue weighted by Gasteiger charge is -2.00. The minimum atomic E-state index is 0.727. The molecule has 0 saturated carbocycles. The van der Waals surface area contributed by atoms with Crippen molar-refractivity contribution in [1.29, 1.82) is 0 Å². The average molecular weight is 268 g/mol. The molecular weight excluding hydrogens is 252 g/mol. The summed E-state index contributed by atoms with van der Waals surface area (Å²) in [4.78, 5) is 4.69. The van der Waals surface area contributed by atoms with E-state index in [9.17, 15) is 0 Å². The van der Waals surface area contributed by atoms with Crippen molar-refractivity contribution in [2.45, 2.75) is 12.8 Å². The number of fused-ring (bicyclic) bond motifs is 1. The maximum Gasteiger partial charge on any atom is 0.0933 e. The van der Waals surface area contributed by atoms with Gasteiger partial charge in [0.2, 0.25) is 0 Å². The zero-order valence-electron chi connectivity index (χ0n) is 10.7. The molecule has 2 aromatic carbocycles. The molecule has 0 spiro atoms. The van der Waals surface area contributed by atoms with Crippen molar-refractivity contribution < 1.29 is 0 Å². The van der Waals surface area contributed by atoms with E-state index in [2.05, 4.69) is 52.8 Å². The van der Waals surface area contributed by atoms with Crippen molar-refractivity contribution in [2.24, 2.45) is 5.73 Å². The Hall–Kier alpha value is -1.71. The fourth-order valence-corrected chi connectivity index (χ4v) is 3.01. The zero-order valence-corrected chi connectivity index (χ0v) is 11.5. The molecule has 3 aromatic rings. The monoisotopic (exact) mass is 268 g/mol. The number of aryl methyl sites for hydroxylation is 1. The van der Waals surface area contributed by atoms with Crippen LogP contribution in [0.15, 0.2) is 47.8 Å². The van der Waals surface area contributed by atoms with Crippen LogP contribution < -0.4 is 5.73 Å². The van der Waals surface area contributed by atoms with Gasteiger partial charge in [-0.3, -0.25) is 0 Å². The third-order valence-corrected chi connectivity index (χ3v) is 4.10. The lowest BCUT2D eigenvalue weighted by molar-refractivity contribution is 0.827. The Morgan fingerprint density at radius 1 is 1.05 bits per heavy atom. The summed E-state index contributed by atoms with van der Waals surface area (Å²) in [6.07, 6.45) is 1.99. The van der Waals surface area contributed by atoms with Crippen molar-refractivity contribution in [1.82, 2.24) is 4.98 Å². The molecule has 0 aliphatic carbocycles. The Morgan fingerprint density at radius 3 is 2.74 bits per heavy atom. The van der Waals surface area contributed by atoms with Gasteiger partial charge in [-0.25, -0.2) is 4.98 Å². The molecule has 0 aliphatic rings. The molecule has 3 rings (SSSR count). The molecular formula is C16H16N2S.